The molecule has 19 heavy (non-hydrogen) atoms. The van der Waals surface area contributed by atoms with Crippen LogP contribution in [-0.4, -0.2) is 36.5 Å². The number of hydrogen-bond acceptors (Lipinski definition) is 4. The van der Waals surface area contributed by atoms with Gasteiger partial charge in [-0.15, -0.1) is 0 Å². The molecule has 0 aromatic heterocycles. The van der Waals surface area contributed by atoms with Gasteiger partial charge >= 0.3 is 0 Å². The molecule has 0 bridgehead atoms. The van der Waals surface area contributed by atoms with Crippen molar-refractivity contribution in [3.05, 3.63) is 23.8 Å². The van der Waals surface area contributed by atoms with E-state index in [9.17, 15) is 13.5 Å². The van der Waals surface area contributed by atoms with Crippen LogP contribution in [0.3, 0.4) is 0 Å². The lowest BCUT2D eigenvalue weighted by atomic mass is 9.85. The summed E-state index contributed by atoms with van der Waals surface area (Å²) in [7, 11) is -3.56. The third kappa shape index (κ3) is 2.48. The number of hydrogen-bond donors (Lipinski definition) is 2. The molecule has 5 nitrogen and oxygen atoms in total. The van der Waals surface area contributed by atoms with Crippen molar-refractivity contribution in [3.63, 3.8) is 0 Å². The number of anilines is 1. The summed E-state index contributed by atoms with van der Waals surface area (Å²) >= 11 is 0. The van der Waals surface area contributed by atoms with Crippen molar-refractivity contribution < 1.29 is 13.5 Å². The number of nitrogens with zero attached hydrogens (tertiary/aromatic N) is 1. The van der Waals surface area contributed by atoms with Gasteiger partial charge in [0.1, 0.15) is 0 Å². The number of sulfonamides is 1. The van der Waals surface area contributed by atoms with Crippen LogP contribution < -0.4 is 5.73 Å². The van der Waals surface area contributed by atoms with Crippen molar-refractivity contribution in [2.24, 2.45) is 5.92 Å². The molecule has 0 unspecified atom stereocenters. The Kier molecular flexibility index (Phi) is 3.36. The van der Waals surface area contributed by atoms with Crippen LogP contribution in [0, 0.1) is 12.8 Å². The highest BCUT2D eigenvalue weighted by atomic mass is 32.2. The number of β-amino-alcohol motifs (C(OH)–C–C–N with tert-alkyl or cyclic N) is 1. The summed E-state index contributed by atoms with van der Waals surface area (Å²) in [6.45, 7) is 5.85. The second-order valence-corrected chi connectivity index (χ2v) is 7.55. The average Bonchev–Trinajstić information content (AvgIpc) is 2.22. The fourth-order valence-corrected chi connectivity index (χ4v) is 3.88. The fraction of sp³-hybridized carbons (Fsp3) is 0.538. The van der Waals surface area contributed by atoms with Gasteiger partial charge < -0.3 is 10.8 Å². The molecule has 0 amide bonds. The first-order chi connectivity index (χ1) is 8.65. The van der Waals surface area contributed by atoms with Crippen LogP contribution in [0.15, 0.2) is 23.1 Å². The summed E-state index contributed by atoms with van der Waals surface area (Å²) in [5.74, 6) is 0.0292. The van der Waals surface area contributed by atoms with Crippen molar-refractivity contribution in [2.45, 2.75) is 31.3 Å². The summed E-state index contributed by atoms with van der Waals surface area (Å²) < 4.78 is 26.1. The molecule has 0 aliphatic carbocycles. The van der Waals surface area contributed by atoms with Gasteiger partial charge in [0, 0.05) is 18.8 Å². The van der Waals surface area contributed by atoms with Gasteiger partial charge in [0.2, 0.25) is 10.0 Å². The molecule has 3 N–H and O–H groups in total. The monoisotopic (exact) mass is 284 g/mol. The van der Waals surface area contributed by atoms with E-state index < -0.39 is 15.6 Å². The van der Waals surface area contributed by atoms with Crippen LogP contribution in [0.25, 0.3) is 0 Å². The minimum Gasteiger partial charge on any atom is -0.399 e. The lowest BCUT2D eigenvalue weighted by molar-refractivity contribution is -0.0932. The minimum atomic E-state index is -3.56. The Bertz CT molecular complexity index is 570. The fourth-order valence-electron chi connectivity index (χ4n) is 2.17. The van der Waals surface area contributed by atoms with Crippen LogP contribution in [0.2, 0.25) is 0 Å². The highest BCUT2D eigenvalue weighted by Gasteiger charge is 2.49. The maximum Gasteiger partial charge on any atom is 0.243 e. The summed E-state index contributed by atoms with van der Waals surface area (Å²) in [5, 5.41) is 10.1. The van der Waals surface area contributed by atoms with Crippen LogP contribution in [0.5, 0.6) is 0 Å². The van der Waals surface area contributed by atoms with Gasteiger partial charge in [0.15, 0.2) is 0 Å². The second kappa shape index (κ2) is 4.47. The minimum absolute atomic E-state index is 0.0292. The molecule has 6 heteroatoms. The number of nitrogens with two attached hydrogens (primary N) is 1. The quantitative estimate of drug-likeness (QED) is 0.810. The van der Waals surface area contributed by atoms with Gasteiger partial charge in [-0.3, -0.25) is 0 Å². The van der Waals surface area contributed by atoms with Crippen molar-refractivity contribution in [1.82, 2.24) is 4.31 Å². The molecule has 1 aromatic carbocycles. The van der Waals surface area contributed by atoms with Crippen LogP contribution in [0.4, 0.5) is 5.69 Å². The normalized spacial score (nSPS) is 19.4. The summed E-state index contributed by atoms with van der Waals surface area (Å²) in [4.78, 5) is 0.191. The molecule has 106 valence electrons. The van der Waals surface area contributed by atoms with Crippen molar-refractivity contribution in [1.29, 1.82) is 0 Å². The largest absolute Gasteiger partial charge is 0.399 e. The first kappa shape index (κ1) is 14.3. The van der Waals surface area contributed by atoms with Crippen LogP contribution in [-0.2, 0) is 10.0 Å². The van der Waals surface area contributed by atoms with E-state index in [0.717, 1.165) is 5.56 Å². The highest BCUT2D eigenvalue weighted by Crippen LogP contribution is 2.33. The molecule has 1 aliphatic rings. The van der Waals surface area contributed by atoms with Crippen molar-refractivity contribution >= 4 is 15.7 Å². The standard InChI is InChI=1S/C13H20N2O3S/c1-9(2)13(16)7-15(8-13)19(17,18)12-5-10(3)4-11(14)6-12/h4-6,9,16H,7-8,14H2,1-3H3. The van der Waals surface area contributed by atoms with Gasteiger partial charge in [-0.1, -0.05) is 13.8 Å². The number of rotatable bonds is 3. The lowest BCUT2D eigenvalue weighted by Crippen LogP contribution is -2.65. The topological polar surface area (TPSA) is 83.6 Å². The summed E-state index contributed by atoms with van der Waals surface area (Å²) in [5.41, 5.74) is 6.00. The highest BCUT2D eigenvalue weighted by molar-refractivity contribution is 7.89. The Balaban J connectivity index is 2.26. The van der Waals surface area contributed by atoms with Crippen LogP contribution in [0.1, 0.15) is 19.4 Å². The Morgan fingerprint density at radius 2 is 1.89 bits per heavy atom. The van der Waals surface area contributed by atoms with Gasteiger partial charge in [-0.25, -0.2) is 8.42 Å². The van der Waals surface area contributed by atoms with Crippen LogP contribution >= 0.6 is 0 Å². The Morgan fingerprint density at radius 1 is 1.32 bits per heavy atom. The molecule has 0 atom stereocenters. The van der Waals surface area contributed by atoms with Gasteiger partial charge in [-0.05, 0) is 36.6 Å². The summed E-state index contributed by atoms with van der Waals surface area (Å²) in [6, 6.07) is 4.77. The van der Waals surface area contributed by atoms with E-state index in [1.807, 2.05) is 13.8 Å². The third-order valence-corrected chi connectivity index (χ3v) is 5.46. The third-order valence-electron chi connectivity index (χ3n) is 3.69. The first-order valence-electron chi connectivity index (χ1n) is 6.25. The van der Waals surface area contributed by atoms with E-state index in [-0.39, 0.29) is 23.9 Å². The Morgan fingerprint density at radius 3 is 2.37 bits per heavy atom. The zero-order valence-electron chi connectivity index (χ0n) is 11.4. The van der Waals surface area contributed by atoms with E-state index in [4.69, 9.17) is 5.73 Å². The van der Waals surface area contributed by atoms with Gasteiger partial charge in [-0.2, -0.15) is 4.31 Å². The number of aryl methyl sites for hydroxylation is 1. The van der Waals surface area contributed by atoms with Gasteiger partial charge in [0.05, 0.1) is 10.5 Å². The molecule has 0 saturated carbocycles. The molecular formula is C13H20N2O3S. The predicted octanol–water partition coefficient (Wildman–Crippen LogP) is 0.969. The molecule has 2 rings (SSSR count). The van der Waals surface area contributed by atoms with E-state index in [0.29, 0.717) is 5.69 Å². The molecule has 0 spiro atoms. The van der Waals surface area contributed by atoms with E-state index >= 15 is 0 Å². The lowest BCUT2D eigenvalue weighted by Gasteiger charge is -2.47. The molecule has 1 aliphatic heterocycles. The molecule has 1 heterocycles. The van der Waals surface area contributed by atoms with Crippen molar-refractivity contribution in [3.8, 4) is 0 Å². The number of nitrogen functional groups attached to an aromatic ring is 1. The van der Waals surface area contributed by atoms with Gasteiger partial charge in [0.25, 0.3) is 0 Å². The maximum absolute atomic E-state index is 12.4. The van der Waals surface area contributed by atoms with Crippen molar-refractivity contribution in [2.75, 3.05) is 18.8 Å². The SMILES string of the molecule is Cc1cc(N)cc(S(=O)(=O)N2CC(O)(C(C)C)C2)c1. The summed E-state index contributed by atoms with van der Waals surface area (Å²) in [6.07, 6.45) is 0. The molecule has 0 radical (unpaired) electrons. The average molecular weight is 284 g/mol. The zero-order chi connectivity index (χ0) is 14.4. The number of benzene rings is 1. The van der Waals surface area contributed by atoms with E-state index in [1.54, 1.807) is 19.1 Å². The Hall–Kier alpha value is -1.11. The maximum atomic E-state index is 12.4. The van der Waals surface area contributed by atoms with E-state index in [2.05, 4.69) is 0 Å². The number of aliphatic hydroxyl groups is 1. The molecule has 1 fully saturated rings. The second-order valence-electron chi connectivity index (χ2n) is 5.61. The molecule has 1 saturated heterocycles. The molecular weight excluding hydrogens is 264 g/mol. The smallest absolute Gasteiger partial charge is 0.243 e. The Labute approximate surface area is 114 Å². The first-order valence-corrected chi connectivity index (χ1v) is 7.69. The molecule has 1 aromatic rings. The van der Waals surface area contributed by atoms with E-state index in [1.165, 1.54) is 10.4 Å². The predicted molar refractivity (Wildman–Crippen MR) is 74.1 cm³/mol. The zero-order valence-corrected chi connectivity index (χ0v) is 12.2.